The van der Waals surface area contributed by atoms with Crippen LogP contribution in [0.3, 0.4) is 0 Å². The smallest absolute Gasteiger partial charge is 0.272 e. The molecule has 1 fully saturated rings. The molecule has 0 radical (unpaired) electrons. The normalized spacial score (nSPS) is 25.6. The molecule has 2 rings (SSSR count). The summed E-state index contributed by atoms with van der Waals surface area (Å²) in [7, 11) is 0. The average molecular weight is 292 g/mol. The molecule has 1 aliphatic heterocycles. The van der Waals surface area contributed by atoms with Gasteiger partial charge >= 0.3 is 0 Å². The first kappa shape index (κ1) is 15.8. The van der Waals surface area contributed by atoms with Crippen LogP contribution in [0.1, 0.15) is 44.2 Å². The summed E-state index contributed by atoms with van der Waals surface area (Å²) in [6.07, 6.45) is 2.91. The summed E-state index contributed by atoms with van der Waals surface area (Å²) in [6.45, 7) is 8.74. The Labute approximate surface area is 125 Å². The molecule has 1 aliphatic rings. The summed E-state index contributed by atoms with van der Waals surface area (Å²) in [6, 6.07) is 3.88. The van der Waals surface area contributed by atoms with Crippen LogP contribution in [0.25, 0.3) is 0 Å². The third-order valence-corrected chi connectivity index (χ3v) is 4.44. The van der Waals surface area contributed by atoms with Crippen molar-refractivity contribution < 1.29 is 9.66 Å². The summed E-state index contributed by atoms with van der Waals surface area (Å²) < 4.78 is 5.86. The maximum atomic E-state index is 11.0. The molecule has 5 heteroatoms. The van der Waals surface area contributed by atoms with E-state index in [0.717, 1.165) is 37.1 Å². The molecular weight excluding hydrogens is 268 g/mol. The number of anilines is 1. The second-order valence-corrected chi connectivity index (χ2v) is 6.20. The molecule has 1 saturated heterocycles. The quantitative estimate of drug-likeness (QED) is 0.673. The minimum absolute atomic E-state index is 0.0698. The molecule has 1 aromatic carbocycles. The van der Waals surface area contributed by atoms with Crippen molar-refractivity contribution in [2.75, 3.05) is 11.9 Å². The number of hydrogen-bond donors (Lipinski definition) is 1. The van der Waals surface area contributed by atoms with E-state index in [1.54, 1.807) is 13.0 Å². The standard InChI is InChI=1S/C16H24N2O3/c1-5-16(4)10-13(6-7-21-16)17-14-8-12(3)15(18(19)20)9-11(14)2/h8-9,13,17H,5-7,10H2,1-4H3. The Morgan fingerprint density at radius 2 is 2.14 bits per heavy atom. The highest BCUT2D eigenvalue weighted by Gasteiger charge is 2.31. The maximum Gasteiger partial charge on any atom is 0.272 e. The Morgan fingerprint density at radius 1 is 1.43 bits per heavy atom. The van der Waals surface area contributed by atoms with Gasteiger partial charge in [0.2, 0.25) is 0 Å². The van der Waals surface area contributed by atoms with Crippen molar-refractivity contribution in [3.05, 3.63) is 33.4 Å². The maximum absolute atomic E-state index is 11.0. The van der Waals surface area contributed by atoms with Crippen LogP contribution >= 0.6 is 0 Å². The van der Waals surface area contributed by atoms with Gasteiger partial charge in [-0.3, -0.25) is 10.1 Å². The van der Waals surface area contributed by atoms with Crippen molar-refractivity contribution in [3.63, 3.8) is 0 Å². The summed E-state index contributed by atoms with van der Waals surface area (Å²) in [4.78, 5) is 10.6. The van der Waals surface area contributed by atoms with Crippen molar-refractivity contribution >= 4 is 11.4 Å². The topological polar surface area (TPSA) is 64.4 Å². The number of nitrogens with zero attached hydrogens (tertiary/aromatic N) is 1. The van der Waals surface area contributed by atoms with E-state index in [1.807, 2.05) is 13.0 Å². The molecule has 2 unspecified atom stereocenters. The van der Waals surface area contributed by atoms with Gasteiger partial charge in [0.15, 0.2) is 0 Å². The highest BCUT2D eigenvalue weighted by Crippen LogP contribution is 2.32. The molecule has 0 bridgehead atoms. The first-order valence-electron chi connectivity index (χ1n) is 7.51. The second-order valence-electron chi connectivity index (χ2n) is 6.20. The van der Waals surface area contributed by atoms with Gasteiger partial charge in [-0.05, 0) is 51.7 Å². The first-order valence-corrected chi connectivity index (χ1v) is 7.51. The fourth-order valence-corrected chi connectivity index (χ4v) is 2.87. The van der Waals surface area contributed by atoms with Crippen LogP contribution in [0.5, 0.6) is 0 Å². The lowest BCUT2D eigenvalue weighted by Gasteiger charge is -2.38. The third-order valence-electron chi connectivity index (χ3n) is 4.44. The fraction of sp³-hybridized carbons (Fsp3) is 0.625. The Hall–Kier alpha value is -1.62. The third kappa shape index (κ3) is 3.53. The zero-order valence-corrected chi connectivity index (χ0v) is 13.2. The zero-order valence-electron chi connectivity index (χ0n) is 13.2. The molecule has 0 aromatic heterocycles. The second kappa shape index (κ2) is 6.02. The number of nitro benzene ring substituents is 1. The SMILES string of the molecule is CCC1(C)CC(Nc2cc(C)c([N+](=O)[O-])cc2C)CCO1. The van der Waals surface area contributed by atoms with Crippen LogP contribution in [-0.2, 0) is 4.74 Å². The van der Waals surface area contributed by atoms with Gasteiger partial charge in [-0.2, -0.15) is 0 Å². The number of aryl methyl sites for hydroxylation is 2. The van der Waals surface area contributed by atoms with Crippen LogP contribution < -0.4 is 5.32 Å². The van der Waals surface area contributed by atoms with Crippen LogP contribution in [0.4, 0.5) is 11.4 Å². The van der Waals surface area contributed by atoms with E-state index in [9.17, 15) is 10.1 Å². The van der Waals surface area contributed by atoms with Gasteiger partial charge < -0.3 is 10.1 Å². The highest BCUT2D eigenvalue weighted by molar-refractivity contribution is 5.59. The Bertz CT molecular complexity index is 545. The molecule has 1 heterocycles. The first-order chi connectivity index (χ1) is 9.84. The number of hydrogen-bond acceptors (Lipinski definition) is 4. The summed E-state index contributed by atoms with van der Waals surface area (Å²) in [5, 5.41) is 14.5. The number of rotatable bonds is 4. The predicted octanol–water partition coefficient (Wildman–Crippen LogP) is 3.97. The minimum atomic E-state index is -0.325. The molecule has 0 aliphatic carbocycles. The van der Waals surface area contributed by atoms with Gasteiger partial charge in [0, 0.05) is 30.0 Å². The zero-order chi connectivity index (χ0) is 15.6. The molecule has 2 atom stereocenters. The van der Waals surface area contributed by atoms with Crippen molar-refractivity contribution in [1.82, 2.24) is 0 Å². The van der Waals surface area contributed by atoms with Crippen LogP contribution in [-0.4, -0.2) is 23.2 Å². The monoisotopic (exact) mass is 292 g/mol. The van der Waals surface area contributed by atoms with E-state index in [0.29, 0.717) is 11.6 Å². The van der Waals surface area contributed by atoms with E-state index in [1.165, 1.54) is 0 Å². The number of nitrogens with one attached hydrogen (secondary N) is 1. The lowest BCUT2D eigenvalue weighted by Crippen LogP contribution is -2.41. The van der Waals surface area contributed by atoms with Crippen molar-refractivity contribution in [3.8, 4) is 0 Å². The van der Waals surface area contributed by atoms with Gasteiger partial charge in [-0.1, -0.05) is 6.92 Å². The fourth-order valence-electron chi connectivity index (χ4n) is 2.87. The molecule has 1 N–H and O–H groups in total. The van der Waals surface area contributed by atoms with Crippen LogP contribution in [0.15, 0.2) is 12.1 Å². The van der Waals surface area contributed by atoms with Gasteiger partial charge in [0.05, 0.1) is 10.5 Å². The summed E-state index contributed by atoms with van der Waals surface area (Å²) in [5.41, 5.74) is 2.71. The molecule has 0 saturated carbocycles. The average Bonchev–Trinajstić information content (AvgIpc) is 2.42. The van der Waals surface area contributed by atoms with Gasteiger partial charge in [-0.15, -0.1) is 0 Å². The number of ether oxygens (including phenoxy) is 1. The molecule has 0 amide bonds. The van der Waals surface area contributed by atoms with E-state index in [-0.39, 0.29) is 16.2 Å². The molecule has 116 valence electrons. The van der Waals surface area contributed by atoms with E-state index in [2.05, 4.69) is 19.2 Å². The van der Waals surface area contributed by atoms with Gasteiger partial charge in [0.1, 0.15) is 0 Å². The summed E-state index contributed by atoms with van der Waals surface area (Å²) in [5.74, 6) is 0. The molecular formula is C16H24N2O3. The van der Waals surface area contributed by atoms with E-state index < -0.39 is 0 Å². The van der Waals surface area contributed by atoms with E-state index in [4.69, 9.17) is 4.74 Å². The lowest BCUT2D eigenvalue weighted by molar-refractivity contribution is -0.385. The minimum Gasteiger partial charge on any atom is -0.382 e. The summed E-state index contributed by atoms with van der Waals surface area (Å²) >= 11 is 0. The van der Waals surface area contributed by atoms with Crippen molar-refractivity contribution in [2.45, 2.75) is 58.6 Å². The van der Waals surface area contributed by atoms with Crippen LogP contribution in [0.2, 0.25) is 0 Å². The lowest BCUT2D eigenvalue weighted by atomic mass is 9.89. The van der Waals surface area contributed by atoms with Crippen LogP contribution in [0, 0.1) is 24.0 Å². The molecule has 1 aromatic rings. The number of benzene rings is 1. The molecule has 0 spiro atoms. The Balaban J connectivity index is 2.16. The largest absolute Gasteiger partial charge is 0.382 e. The Kier molecular flexibility index (Phi) is 4.52. The van der Waals surface area contributed by atoms with Crippen molar-refractivity contribution in [1.29, 1.82) is 0 Å². The molecule has 5 nitrogen and oxygen atoms in total. The Morgan fingerprint density at radius 3 is 2.76 bits per heavy atom. The molecule has 21 heavy (non-hydrogen) atoms. The number of nitro groups is 1. The van der Waals surface area contributed by atoms with E-state index >= 15 is 0 Å². The predicted molar refractivity (Wildman–Crippen MR) is 83.9 cm³/mol. The van der Waals surface area contributed by atoms with Gasteiger partial charge in [-0.25, -0.2) is 0 Å². The van der Waals surface area contributed by atoms with Crippen molar-refractivity contribution in [2.24, 2.45) is 0 Å². The highest BCUT2D eigenvalue weighted by atomic mass is 16.6. The van der Waals surface area contributed by atoms with Gasteiger partial charge in [0.25, 0.3) is 5.69 Å².